The monoisotopic (exact) mass is 369 g/mol. The van der Waals surface area contributed by atoms with Crippen molar-refractivity contribution in [3.8, 4) is 5.75 Å². The van der Waals surface area contributed by atoms with Crippen molar-refractivity contribution < 1.29 is 19.1 Å². The van der Waals surface area contributed by atoms with Gasteiger partial charge in [-0.1, -0.05) is 22.0 Å². The molecule has 1 aromatic carbocycles. The van der Waals surface area contributed by atoms with Crippen molar-refractivity contribution >= 4 is 27.8 Å². The Labute approximate surface area is 138 Å². The first-order valence-electron chi connectivity index (χ1n) is 7.43. The standard InChI is InChI=1S/C16H20BrNO4/c1-11(16(20)18-13-7-8-13)22-15(19)6-3-9-21-14-5-2-4-12(17)10-14/h2,4-5,10-11,13H,3,6-9H2,1H3,(H,18,20)/t11-/m0/s1. The molecule has 1 aromatic rings. The summed E-state index contributed by atoms with van der Waals surface area (Å²) in [5.41, 5.74) is 0. The molecular formula is C16H20BrNO4. The number of ether oxygens (including phenoxy) is 2. The van der Waals surface area contributed by atoms with E-state index in [2.05, 4.69) is 21.2 Å². The Hall–Kier alpha value is -1.56. The summed E-state index contributed by atoms with van der Waals surface area (Å²) in [6.45, 7) is 2.02. The van der Waals surface area contributed by atoms with E-state index in [0.29, 0.717) is 13.0 Å². The van der Waals surface area contributed by atoms with Gasteiger partial charge >= 0.3 is 5.97 Å². The summed E-state index contributed by atoms with van der Waals surface area (Å²) in [5, 5.41) is 2.81. The third-order valence-electron chi connectivity index (χ3n) is 3.19. The van der Waals surface area contributed by atoms with Crippen LogP contribution in [0.3, 0.4) is 0 Å². The molecule has 2 rings (SSSR count). The first-order valence-corrected chi connectivity index (χ1v) is 8.22. The Morgan fingerprint density at radius 2 is 2.18 bits per heavy atom. The van der Waals surface area contributed by atoms with Gasteiger partial charge in [0.1, 0.15) is 5.75 Å². The van der Waals surface area contributed by atoms with Crippen LogP contribution < -0.4 is 10.1 Å². The van der Waals surface area contributed by atoms with Crippen LogP contribution in [-0.2, 0) is 14.3 Å². The van der Waals surface area contributed by atoms with Crippen LogP contribution in [-0.4, -0.2) is 30.6 Å². The summed E-state index contributed by atoms with van der Waals surface area (Å²) in [6, 6.07) is 7.79. The molecule has 0 heterocycles. The van der Waals surface area contributed by atoms with E-state index in [4.69, 9.17) is 9.47 Å². The Bertz CT molecular complexity index is 531. The van der Waals surface area contributed by atoms with E-state index < -0.39 is 6.10 Å². The fourth-order valence-corrected chi connectivity index (χ4v) is 2.20. The van der Waals surface area contributed by atoms with E-state index in [1.165, 1.54) is 0 Å². The minimum atomic E-state index is -0.737. The summed E-state index contributed by atoms with van der Waals surface area (Å²) >= 11 is 3.36. The van der Waals surface area contributed by atoms with Crippen LogP contribution >= 0.6 is 15.9 Å². The first kappa shape index (κ1) is 16.8. The largest absolute Gasteiger partial charge is 0.494 e. The number of hydrogen-bond acceptors (Lipinski definition) is 4. The molecule has 6 heteroatoms. The van der Waals surface area contributed by atoms with Crippen molar-refractivity contribution in [3.63, 3.8) is 0 Å². The van der Waals surface area contributed by atoms with Crippen molar-refractivity contribution in [2.75, 3.05) is 6.61 Å². The fourth-order valence-electron chi connectivity index (χ4n) is 1.82. The van der Waals surface area contributed by atoms with E-state index in [0.717, 1.165) is 23.1 Å². The lowest BCUT2D eigenvalue weighted by atomic mass is 10.3. The second kappa shape index (κ2) is 8.17. The lowest BCUT2D eigenvalue weighted by molar-refractivity contribution is -0.155. The van der Waals surface area contributed by atoms with Crippen LogP contribution in [0.2, 0.25) is 0 Å². The molecule has 1 amide bonds. The number of hydrogen-bond donors (Lipinski definition) is 1. The van der Waals surface area contributed by atoms with Crippen LogP contribution in [0.15, 0.2) is 28.7 Å². The molecule has 0 unspecified atom stereocenters. The second-order valence-corrected chi connectivity index (χ2v) is 6.24. The van der Waals surface area contributed by atoms with E-state index in [1.807, 2.05) is 24.3 Å². The maximum atomic E-state index is 11.7. The van der Waals surface area contributed by atoms with Crippen molar-refractivity contribution in [3.05, 3.63) is 28.7 Å². The van der Waals surface area contributed by atoms with Gasteiger partial charge in [-0.05, 0) is 44.4 Å². The predicted octanol–water partition coefficient (Wildman–Crippen LogP) is 2.82. The average molecular weight is 370 g/mol. The lowest BCUT2D eigenvalue weighted by Crippen LogP contribution is -2.37. The quantitative estimate of drug-likeness (QED) is 0.565. The third kappa shape index (κ3) is 6.05. The maximum Gasteiger partial charge on any atom is 0.306 e. The number of halogens is 1. The molecule has 1 aliphatic carbocycles. The zero-order valence-corrected chi connectivity index (χ0v) is 14.1. The van der Waals surface area contributed by atoms with Gasteiger partial charge in [0.2, 0.25) is 0 Å². The molecule has 1 fully saturated rings. The third-order valence-corrected chi connectivity index (χ3v) is 3.68. The summed E-state index contributed by atoms with van der Waals surface area (Å²) < 4.78 is 11.6. The molecule has 0 radical (unpaired) electrons. The molecule has 1 N–H and O–H groups in total. The molecule has 0 aromatic heterocycles. The summed E-state index contributed by atoms with van der Waals surface area (Å²) in [5.74, 6) is 0.150. The van der Waals surface area contributed by atoms with Crippen LogP contribution in [0.1, 0.15) is 32.6 Å². The van der Waals surface area contributed by atoms with Crippen molar-refractivity contribution in [1.82, 2.24) is 5.32 Å². The number of nitrogens with one attached hydrogen (secondary N) is 1. The highest BCUT2D eigenvalue weighted by Crippen LogP contribution is 2.19. The number of carbonyl (C=O) groups is 2. The van der Waals surface area contributed by atoms with E-state index >= 15 is 0 Å². The Morgan fingerprint density at radius 1 is 1.41 bits per heavy atom. The van der Waals surface area contributed by atoms with Crippen molar-refractivity contribution in [1.29, 1.82) is 0 Å². The van der Waals surface area contributed by atoms with Gasteiger partial charge in [0, 0.05) is 16.9 Å². The molecule has 5 nitrogen and oxygen atoms in total. The molecule has 0 bridgehead atoms. The number of rotatable bonds is 8. The molecule has 0 spiro atoms. The minimum absolute atomic E-state index is 0.221. The minimum Gasteiger partial charge on any atom is -0.494 e. The molecule has 1 atom stereocenters. The number of carbonyl (C=O) groups excluding carboxylic acids is 2. The molecule has 0 aliphatic heterocycles. The predicted molar refractivity (Wildman–Crippen MR) is 85.6 cm³/mol. The normalized spacial score (nSPS) is 15.0. The zero-order chi connectivity index (χ0) is 15.9. The topological polar surface area (TPSA) is 64.6 Å². The number of esters is 1. The Morgan fingerprint density at radius 3 is 2.86 bits per heavy atom. The average Bonchev–Trinajstić information content (AvgIpc) is 3.27. The summed E-state index contributed by atoms with van der Waals surface area (Å²) in [7, 11) is 0. The number of benzene rings is 1. The molecular weight excluding hydrogens is 350 g/mol. The molecule has 120 valence electrons. The van der Waals surface area contributed by atoms with E-state index in [-0.39, 0.29) is 24.3 Å². The summed E-state index contributed by atoms with van der Waals surface area (Å²) in [6.07, 6.45) is 2.06. The molecule has 1 saturated carbocycles. The molecule has 1 aliphatic rings. The smallest absolute Gasteiger partial charge is 0.306 e. The van der Waals surface area contributed by atoms with Gasteiger partial charge in [0.25, 0.3) is 5.91 Å². The highest BCUT2D eigenvalue weighted by molar-refractivity contribution is 9.10. The van der Waals surface area contributed by atoms with Gasteiger partial charge in [0.15, 0.2) is 6.10 Å². The Balaban J connectivity index is 1.59. The number of amides is 1. The van der Waals surface area contributed by atoms with E-state index in [1.54, 1.807) is 6.92 Å². The fraction of sp³-hybridized carbons (Fsp3) is 0.500. The SMILES string of the molecule is C[C@H](OC(=O)CCCOc1cccc(Br)c1)C(=O)NC1CC1. The first-order chi connectivity index (χ1) is 10.5. The van der Waals surface area contributed by atoms with E-state index in [9.17, 15) is 9.59 Å². The Kier molecular flexibility index (Phi) is 6.24. The highest BCUT2D eigenvalue weighted by Gasteiger charge is 2.26. The van der Waals surface area contributed by atoms with Gasteiger partial charge in [-0.25, -0.2) is 0 Å². The van der Waals surface area contributed by atoms with Gasteiger partial charge < -0.3 is 14.8 Å². The van der Waals surface area contributed by atoms with Gasteiger partial charge in [0.05, 0.1) is 6.61 Å². The molecule has 22 heavy (non-hydrogen) atoms. The van der Waals surface area contributed by atoms with Crippen LogP contribution in [0.5, 0.6) is 5.75 Å². The highest BCUT2D eigenvalue weighted by atomic mass is 79.9. The van der Waals surface area contributed by atoms with Crippen LogP contribution in [0.25, 0.3) is 0 Å². The van der Waals surface area contributed by atoms with Crippen molar-refractivity contribution in [2.24, 2.45) is 0 Å². The lowest BCUT2D eigenvalue weighted by Gasteiger charge is -2.13. The van der Waals surface area contributed by atoms with Gasteiger partial charge in [-0.3, -0.25) is 9.59 Å². The second-order valence-electron chi connectivity index (χ2n) is 5.32. The zero-order valence-electron chi connectivity index (χ0n) is 12.5. The summed E-state index contributed by atoms with van der Waals surface area (Å²) in [4.78, 5) is 23.3. The van der Waals surface area contributed by atoms with Crippen LogP contribution in [0, 0.1) is 0 Å². The van der Waals surface area contributed by atoms with Crippen molar-refractivity contribution in [2.45, 2.75) is 44.8 Å². The van der Waals surface area contributed by atoms with Crippen LogP contribution in [0.4, 0.5) is 0 Å². The molecule has 0 saturated heterocycles. The van der Waals surface area contributed by atoms with Gasteiger partial charge in [-0.2, -0.15) is 0 Å². The van der Waals surface area contributed by atoms with Gasteiger partial charge in [-0.15, -0.1) is 0 Å². The maximum absolute atomic E-state index is 11.7.